The van der Waals surface area contributed by atoms with Crippen molar-refractivity contribution >= 4 is 10.0 Å². The van der Waals surface area contributed by atoms with E-state index in [0.29, 0.717) is 22.9 Å². The number of rotatable bonds is 8. The van der Waals surface area contributed by atoms with Crippen LogP contribution in [-0.4, -0.2) is 39.6 Å². The monoisotopic (exact) mass is 438 g/mol. The number of hydrogen-bond acceptors (Lipinski definition) is 5. The Morgan fingerprint density at radius 3 is 2.48 bits per heavy atom. The van der Waals surface area contributed by atoms with Crippen molar-refractivity contribution in [1.29, 1.82) is 0 Å². The van der Waals surface area contributed by atoms with Gasteiger partial charge in [0.1, 0.15) is 5.75 Å². The molecule has 7 heteroatoms. The lowest BCUT2D eigenvalue weighted by Crippen LogP contribution is -2.36. The molecule has 162 valence electrons. The molecule has 0 radical (unpaired) electrons. The topological polar surface area (TPSA) is 67.9 Å². The van der Waals surface area contributed by atoms with Crippen molar-refractivity contribution in [2.45, 2.75) is 23.9 Å². The molecule has 3 aromatic rings. The third kappa shape index (κ3) is 5.44. The molecule has 31 heavy (non-hydrogen) atoms. The van der Waals surface area contributed by atoms with E-state index in [2.05, 4.69) is 15.7 Å². The molecule has 1 aliphatic heterocycles. The summed E-state index contributed by atoms with van der Waals surface area (Å²) in [6, 6.07) is 23.9. The average molecular weight is 439 g/mol. The van der Waals surface area contributed by atoms with E-state index in [1.165, 1.54) is 0 Å². The van der Waals surface area contributed by atoms with Gasteiger partial charge in [0.25, 0.3) is 0 Å². The van der Waals surface area contributed by atoms with E-state index < -0.39 is 10.0 Å². The molecular formula is C24H26N2O4S. The number of nitrogens with one attached hydrogen (secondary N) is 1. The van der Waals surface area contributed by atoms with Gasteiger partial charge in [0.15, 0.2) is 11.5 Å². The van der Waals surface area contributed by atoms with Crippen LogP contribution >= 0.6 is 0 Å². The van der Waals surface area contributed by atoms with Crippen LogP contribution in [0.2, 0.25) is 0 Å². The Morgan fingerprint density at radius 2 is 1.71 bits per heavy atom. The summed E-state index contributed by atoms with van der Waals surface area (Å²) < 4.78 is 39.3. The summed E-state index contributed by atoms with van der Waals surface area (Å²) in [4.78, 5) is 2.55. The van der Waals surface area contributed by atoms with Crippen molar-refractivity contribution in [2.24, 2.45) is 0 Å². The minimum atomic E-state index is -3.50. The highest BCUT2D eigenvalue weighted by atomic mass is 32.2. The molecule has 0 amide bonds. The summed E-state index contributed by atoms with van der Waals surface area (Å²) in [5.74, 6) is 2.09. The van der Waals surface area contributed by atoms with Crippen LogP contribution in [0.5, 0.6) is 17.2 Å². The second-order valence-corrected chi connectivity index (χ2v) is 9.27. The molecule has 1 fully saturated rings. The van der Waals surface area contributed by atoms with E-state index in [0.717, 1.165) is 30.8 Å². The fraction of sp³-hybridized carbons (Fsp3) is 0.250. The third-order valence-electron chi connectivity index (χ3n) is 5.25. The molecule has 0 aromatic heterocycles. The fourth-order valence-electron chi connectivity index (χ4n) is 3.76. The summed E-state index contributed by atoms with van der Waals surface area (Å²) >= 11 is 0. The Morgan fingerprint density at radius 1 is 0.968 bits per heavy atom. The average Bonchev–Trinajstić information content (AvgIpc) is 3.21. The minimum absolute atomic E-state index is 0.0989. The molecule has 4 rings (SSSR count). The first-order valence-electron chi connectivity index (χ1n) is 10.2. The predicted octanol–water partition coefficient (Wildman–Crippen LogP) is 4.04. The van der Waals surface area contributed by atoms with Gasteiger partial charge < -0.3 is 9.47 Å². The van der Waals surface area contributed by atoms with Crippen LogP contribution in [0.4, 0.5) is 0 Å². The van der Waals surface area contributed by atoms with Crippen molar-refractivity contribution in [3.63, 3.8) is 0 Å². The molecule has 1 N–H and O–H groups in total. The van der Waals surface area contributed by atoms with E-state index in [-0.39, 0.29) is 6.04 Å². The number of ether oxygens (including phenoxy) is 2. The first-order valence-corrected chi connectivity index (χ1v) is 11.7. The van der Waals surface area contributed by atoms with Crippen LogP contribution in [0.25, 0.3) is 0 Å². The largest absolute Gasteiger partial charge is 0.493 e. The standard InChI is InChI=1S/C24H26N2O4S/c1-29-23-12-5-6-13-24(23)30-21-9-7-8-19(16-21)17-26-15-14-20(18-26)25-31(27,28)22-10-3-2-4-11-22/h2-13,16,20,25H,14-15,17-18H2,1H3/t20-/m0/s1. The van der Waals surface area contributed by atoms with Crippen LogP contribution in [-0.2, 0) is 16.6 Å². The van der Waals surface area contributed by atoms with Gasteiger partial charge in [-0.15, -0.1) is 0 Å². The highest BCUT2D eigenvalue weighted by Crippen LogP contribution is 2.31. The second-order valence-electron chi connectivity index (χ2n) is 7.56. The van der Waals surface area contributed by atoms with Gasteiger partial charge in [0.2, 0.25) is 10.0 Å². The maximum Gasteiger partial charge on any atom is 0.240 e. The van der Waals surface area contributed by atoms with E-state index in [4.69, 9.17) is 9.47 Å². The molecule has 0 unspecified atom stereocenters. The lowest BCUT2D eigenvalue weighted by Gasteiger charge is -2.17. The van der Waals surface area contributed by atoms with Crippen LogP contribution < -0.4 is 14.2 Å². The number of benzene rings is 3. The van der Waals surface area contributed by atoms with Gasteiger partial charge in [0.05, 0.1) is 12.0 Å². The number of methoxy groups -OCH3 is 1. The fourth-order valence-corrected chi connectivity index (χ4v) is 5.04. The summed E-state index contributed by atoms with van der Waals surface area (Å²) in [6.45, 7) is 2.23. The zero-order valence-electron chi connectivity index (χ0n) is 17.4. The molecule has 0 aliphatic carbocycles. The van der Waals surface area contributed by atoms with E-state index >= 15 is 0 Å². The summed E-state index contributed by atoms with van der Waals surface area (Å²) in [6.07, 6.45) is 0.781. The van der Waals surface area contributed by atoms with Gasteiger partial charge in [-0.1, -0.05) is 42.5 Å². The smallest absolute Gasteiger partial charge is 0.240 e. The lowest BCUT2D eigenvalue weighted by atomic mass is 10.2. The number of likely N-dealkylation sites (tertiary alicyclic amines) is 1. The Balaban J connectivity index is 1.37. The minimum Gasteiger partial charge on any atom is -0.493 e. The maximum atomic E-state index is 12.6. The third-order valence-corrected chi connectivity index (χ3v) is 6.79. The normalized spacial score (nSPS) is 16.9. The number of nitrogens with zero attached hydrogens (tertiary/aromatic N) is 1. The molecule has 1 aliphatic rings. The zero-order valence-corrected chi connectivity index (χ0v) is 18.2. The Kier molecular flexibility index (Phi) is 6.56. The SMILES string of the molecule is COc1ccccc1Oc1cccc(CN2CC[C@H](NS(=O)(=O)c3ccccc3)C2)c1. The summed E-state index contributed by atoms with van der Waals surface area (Å²) in [5.41, 5.74) is 1.11. The quantitative estimate of drug-likeness (QED) is 0.575. The molecule has 0 bridgehead atoms. The Hall–Kier alpha value is -2.87. The molecule has 1 saturated heterocycles. The number of sulfonamides is 1. The van der Waals surface area contributed by atoms with Gasteiger partial charge in [-0.05, 0) is 48.4 Å². The predicted molar refractivity (Wildman–Crippen MR) is 120 cm³/mol. The first-order chi connectivity index (χ1) is 15.0. The van der Waals surface area contributed by atoms with E-state index in [9.17, 15) is 8.42 Å². The molecule has 0 spiro atoms. The van der Waals surface area contributed by atoms with E-state index in [1.54, 1.807) is 31.4 Å². The van der Waals surface area contributed by atoms with Crippen molar-refractivity contribution in [2.75, 3.05) is 20.2 Å². The van der Waals surface area contributed by atoms with Crippen molar-refractivity contribution in [3.05, 3.63) is 84.4 Å². The molecule has 0 saturated carbocycles. The van der Waals surface area contributed by atoms with Crippen LogP contribution in [0.1, 0.15) is 12.0 Å². The summed E-state index contributed by atoms with van der Waals surface area (Å²) in [5, 5.41) is 0. The van der Waals surface area contributed by atoms with Crippen molar-refractivity contribution in [1.82, 2.24) is 9.62 Å². The van der Waals surface area contributed by atoms with Crippen LogP contribution in [0, 0.1) is 0 Å². The number of hydrogen-bond donors (Lipinski definition) is 1. The van der Waals surface area contributed by atoms with Gasteiger partial charge in [-0.3, -0.25) is 4.90 Å². The number of para-hydroxylation sites is 2. The van der Waals surface area contributed by atoms with Crippen LogP contribution in [0.15, 0.2) is 83.8 Å². The van der Waals surface area contributed by atoms with Crippen molar-refractivity contribution < 1.29 is 17.9 Å². The van der Waals surface area contributed by atoms with E-state index in [1.807, 2.05) is 48.5 Å². The van der Waals surface area contributed by atoms with Gasteiger partial charge in [0, 0.05) is 25.7 Å². The highest BCUT2D eigenvalue weighted by molar-refractivity contribution is 7.89. The summed E-state index contributed by atoms with van der Waals surface area (Å²) in [7, 11) is -1.88. The lowest BCUT2D eigenvalue weighted by molar-refractivity contribution is 0.324. The highest BCUT2D eigenvalue weighted by Gasteiger charge is 2.27. The molecule has 3 aromatic carbocycles. The second kappa shape index (κ2) is 9.51. The maximum absolute atomic E-state index is 12.6. The molecule has 1 heterocycles. The Bertz CT molecular complexity index is 1120. The van der Waals surface area contributed by atoms with Gasteiger partial charge >= 0.3 is 0 Å². The first kappa shape index (κ1) is 21.4. The molecular weight excluding hydrogens is 412 g/mol. The van der Waals surface area contributed by atoms with Crippen LogP contribution in [0.3, 0.4) is 0 Å². The van der Waals surface area contributed by atoms with Gasteiger partial charge in [-0.2, -0.15) is 0 Å². The molecule has 6 nitrogen and oxygen atoms in total. The molecule has 1 atom stereocenters. The van der Waals surface area contributed by atoms with Gasteiger partial charge in [-0.25, -0.2) is 13.1 Å². The van der Waals surface area contributed by atoms with Crippen molar-refractivity contribution in [3.8, 4) is 17.2 Å². The zero-order chi connectivity index (χ0) is 21.7. The Labute approximate surface area is 183 Å².